The Balaban J connectivity index is 1.86. The van der Waals surface area contributed by atoms with Crippen molar-refractivity contribution in [3.63, 3.8) is 0 Å². The minimum absolute atomic E-state index is 0.115. The molecule has 0 aliphatic carbocycles. The quantitative estimate of drug-likeness (QED) is 0.393. The highest BCUT2D eigenvalue weighted by Gasteiger charge is 2.21. The Morgan fingerprint density at radius 1 is 0.862 bits per heavy atom. The second-order valence-corrected chi connectivity index (χ2v) is 6.90. The van der Waals surface area contributed by atoms with Gasteiger partial charge in [-0.05, 0) is 28.8 Å². The maximum Gasteiger partial charge on any atom is 0.313 e. The fourth-order valence-electron chi connectivity index (χ4n) is 3.37. The molecule has 1 unspecified atom stereocenters. The number of rotatable bonds is 9. The van der Waals surface area contributed by atoms with Crippen LogP contribution in [0.4, 0.5) is 5.69 Å². The number of ether oxygens (including phenoxy) is 1. The van der Waals surface area contributed by atoms with Gasteiger partial charge in [0.15, 0.2) is 0 Å². The van der Waals surface area contributed by atoms with Crippen LogP contribution in [-0.4, -0.2) is 19.4 Å². The van der Waals surface area contributed by atoms with Crippen LogP contribution in [0.3, 0.4) is 0 Å². The standard InChI is InChI=1S/C25H25NO3/c1-29-25(28)24(16-17-27)22-12-14-23(15-13-22)26(18-20-8-4-2-5-9-20)19-21-10-6-3-7-11-21/h2-15,17,24H,16,18-19H2,1H3. The van der Waals surface area contributed by atoms with Crippen LogP contribution in [0, 0.1) is 0 Å². The lowest BCUT2D eigenvalue weighted by atomic mass is 9.96. The molecule has 0 radical (unpaired) electrons. The lowest BCUT2D eigenvalue weighted by Crippen LogP contribution is -2.22. The summed E-state index contributed by atoms with van der Waals surface area (Å²) in [4.78, 5) is 25.3. The molecule has 0 saturated heterocycles. The Kier molecular flexibility index (Phi) is 7.17. The van der Waals surface area contributed by atoms with Crippen molar-refractivity contribution in [2.24, 2.45) is 0 Å². The molecule has 0 aromatic heterocycles. The maximum atomic E-state index is 12.0. The van der Waals surface area contributed by atoms with Crippen molar-refractivity contribution < 1.29 is 14.3 Å². The van der Waals surface area contributed by atoms with Crippen LogP contribution >= 0.6 is 0 Å². The van der Waals surface area contributed by atoms with Crippen molar-refractivity contribution >= 4 is 17.9 Å². The number of methoxy groups -OCH3 is 1. The molecule has 29 heavy (non-hydrogen) atoms. The first-order valence-corrected chi connectivity index (χ1v) is 9.65. The predicted octanol–water partition coefficient (Wildman–Crippen LogP) is 4.74. The molecule has 148 valence electrons. The molecule has 0 fully saturated rings. The summed E-state index contributed by atoms with van der Waals surface area (Å²) in [7, 11) is 1.34. The van der Waals surface area contributed by atoms with Gasteiger partial charge in [0.2, 0.25) is 0 Å². The van der Waals surface area contributed by atoms with E-state index in [9.17, 15) is 9.59 Å². The smallest absolute Gasteiger partial charge is 0.313 e. The molecule has 0 heterocycles. The molecule has 0 amide bonds. The van der Waals surface area contributed by atoms with Crippen molar-refractivity contribution in [1.82, 2.24) is 0 Å². The Labute approximate surface area is 171 Å². The van der Waals surface area contributed by atoms with Gasteiger partial charge < -0.3 is 14.4 Å². The van der Waals surface area contributed by atoms with Gasteiger partial charge in [0, 0.05) is 25.2 Å². The number of carbonyl (C=O) groups is 2. The number of hydrogen-bond acceptors (Lipinski definition) is 4. The first kappa shape index (κ1) is 20.3. The summed E-state index contributed by atoms with van der Waals surface area (Å²) < 4.78 is 4.85. The molecule has 4 heteroatoms. The molecule has 1 atom stereocenters. The highest BCUT2D eigenvalue weighted by Crippen LogP contribution is 2.26. The van der Waals surface area contributed by atoms with E-state index in [1.165, 1.54) is 18.2 Å². The average Bonchev–Trinajstić information content (AvgIpc) is 2.78. The van der Waals surface area contributed by atoms with Gasteiger partial charge in [0.05, 0.1) is 13.0 Å². The van der Waals surface area contributed by atoms with Gasteiger partial charge in [-0.2, -0.15) is 0 Å². The van der Waals surface area contributed by atoms with Gasteiger partial charge in [-0.15, -0.1) is 0 Å². The second-order valence-electron chi connectivity index (χ2n) is 6.90. The molecule has 0 spiro atoms. The average molecular weight is 387 g/mol. The molecule has 0 aliphatic heterocycles. The van der Waals surface area contributed by atoms with Crippen LogP contribution in [0.5, 0.6) is 0 Å². The number of hydrogen-bond donors (Lipinski definition) is 0. The SMILES string of the molecule is COC(=O)C(CC=O)c1ccc(N(Cc2ccccc2)Cc2ccccc2)cc1. The number of anilines is 1. The zero-order valence-corrected chi connectivity index (χ0v) is 16.5. The molecule has 0 saturated carbocycles. The van der Waals surface area contributed by atoms with Crippen molar-refractivity contribution in [3.05, 3.63) is 102 Å². The van der Waals surface area contributed by atoms with Crippen molar-refractivity contribution in [3.8, 4) is 0 Å². The van der Waals surface area contributed by atoms with Crippen LogP contribution in [0.1, 0.15) is 29.0 Å². The van der Waals surface area contributed by atoms with E-state index < -0.39 is 11.9 Å². The van der Waals surface area contributed by atoms with Gasteiger partial charge in [-0.1, -0.05) is 72.8 Å². The third kappa shape index (κ3) is 5.55. The minimum Gasteiger partial charge on any atom is -0.469 e. The molecule has 3 aromatic carbocycles. The fourth-order valence-corrected chi connectivity index (χ4v) is 3.37. The van der Waals surface area contributed by atoms with E-state index in [2.05, 4.69) is 29.2 Å². The minimum atomic E-state index is -0.566. The molecular weight excluding hydrogens is 362 g/mol. The summed E-state index contributed by atoms with van der Waals surface area (Å²) >= 11 is 0. The van der Waals surface area contributed by atoms with E-state index in [-0.39, 0.29) is 6.42 Å². The summed E-state index contributed by atoms with van der Waals surface area (Å²) in [5.41, 5.74) is 4.28. The van der Waals surface area contributed by atoms with Crippen LogP contribution in [0.2, 0.25) is 0 Å². The summed E-state index contributed by atoms with van der Waals surface area (Å²) in [5, 5.41) is 0. The van der Waals surface area contributed by atoms with Gasteiger partial charge in [0.25, 0.3) is 0 Å². The normalized spacial score (nSPS) is 11.5. The second kappa shape index (κ2) is 10.2. The lowest BCUT2D eigenvalue weighted by Gasteiger charge is -2.26. The van der Waals surface area contributed by atoms with E-state index >= 15 is 0 Å². The van der Waals surface area contributed by atoms with Crippen molar-refractivity contribution in [2.45, 2.75) is 25.4 Å². The highest BCUT2D eigenvalue weighted by molar-refractivity contribution is 5.81. The number of benzene rings is 3. The van der Waals surface area contributed by atoms with Crippen LogP contribution in [0.25, 0.3) is 0 Å². The van der Waals surface area contributed by atoms with Gasteiger partial charge in [0.1, 0.15) is 6.29 Å². The van der Waals surface area contributed by atoms with Gasteiger partial charge in [-0.25, -0.2) is 0 Å². The maximum absolute atomic E-state index is 12.0. The predicted molar refractivity (Wildman–Crippen MR) is 115 cm³/mol. The van der Waals surface area contributed by atoms with E-state index in [0.29, 0.717) is 0 Å². The Bertz CT molecular complexity index is 866. The monoisotopic (exact) mass is 387 g/mol. The highest BCUT2D eigenvalue weighted by atomic mass is 16.5. The third-order valence-corrected chi connectivity index (χ3v) is 4.91. The Morgan fingerprint density at radius 3 is 1.83 bits per heavy atom. The largest absolute Gasteiger partial charge is 0.469 e. The Morgan fingerprint density at radius 2 is 1.38 bits per heavy atom. The molecular formula is C25H25NO3. The van der Waals surface area contributed by atoms with Gasteiger partial charge in [-0.3, -0.25) is 4.79 Å². The fraction of sp³-hybridized carbons (Fsp3) is 0.200. The first-order chi connectivity index (χ1) is 14.2. The molecule has 4 nitrogen and oxygen atoms in total. The first-order valence-electron chi connectivity index (χ1n) is 9.65. The molecule has 3 rings (SSSR count). The number of esters is 1. The van der Waals surface area contributed by atoms with Crippen LogP contribution in [-0.2, 0) is 27.4 Å². The lowest BCUT2D eigenvalue weighted by molar-refractivity contribution is -0.143. The Hall–Kier alpha value is -3.40. The van der Waals surface area contributed by atoms with E-state index in [0.717, 1.165) is 30.6 Å². The molecule has 0 N–H and O–H groups in total. The zero-order valence-electron chi connectivity index (χ0n) is 16.5. The summed E-state index contributed by atoms with van der Waals surface area (Å²) in [5.74, 6) is -0.960. The van der Waals surface area contributed by atoms with Crippen LogP contribution < -0.4 is 4.90 Å². The zero-order chi connectivity index (χ0) is 20.5. The van der Waals surface area contributed by atoms with Crippen molar-refractivity contribution in [1.29, 1.82) is 0 Å². The number of nitrogens with zero attached hydrogens (tertiary/aromatic N) is 1. The summed E-state index contributed by atoms with van der Waals surface area (Å²) in [6.07, 6.45) is 0.871. The topological polar surface area (TPSA) is 46.6 Å². The number of aldehydes is 1. The summed E-state index contributed by atoms with van der Waals surface area (Å²) in [6, 6.07) is 28.5. The number of carbonyl (C=O) groups excluding carboxylic acids is 2. The van der Waals surface area contributed by atoms with E-state index in [4.69, 9.17) is 4.74 Å². The molecule has 0 aliphatic rings. The molecule has 3 aromatic rings. The van der Waals surface area contributed by atoms with Gasteiger partial charge >= 0.3 is 5.97 Å². The third-order valence-electron chi connectivity index (χ3n) is 4.91. The van der Waals surface area contributed by atoms with E-state index in [1.807, 2.05) is 60.7 Å². The summed E-state index contributed by atoms with van der Waals surface area (Å²) in [6.45, 7) is 1.54. The van der Waals surface area contributed by atoms with Crippen molar-refractivity contribution in [2.75, 3.05) is 12.0 Å². The van der Waals surface area contributed by atoms with E-state index in [1.54, 1.807) is 0 Å². The van der Waals surface area contributed by atoms with Crippen LogP contribution in [0.15, 0.2) is 84.9 Å². The molecule has 0 bridgehead atoms.